The average Bonchev–Trinajstić information content (AvgIpc) is 3.63. The summed E-state index contributed by atoms with van der Waals surface area (Å²) in [5.41, 5.74) is 2.68. The molecule has 2 aromatic carbocycles. The smallest absolute Gasteiger partial charge is 0.288 e. The van der Waals surface area contributed by atoms with E-state index < -0.39 is 26.0 Å². The fourth-order valence-corrected chi connectivity index (χ4v) is 6.49. The number of amides is 1. The molecular formula is C26H21N3O7S3. The number of hydrogen-bond donors (Lipinski definition) is 3. The normalized spacial score (nSPS) is 11.7. The first kappa shape index (κ1) is 27.9. The highest BCUT2D eigenvalue weighted by Gasteiger charge is 2.19. The average molecular weight is 584 g/mol. The van der Waals surface area contributed by atoms with Crippen LogP contribution in [0.2, 0.25) is 0 Å². The van der Waals surface area contributed by atoms with Gasteiger partial charge in [0.15, 0.2) is 0 Å². The topological polar surface area (TPSA) is 156 Å². The maximum absolute atomic E-state index is 12.7. The minimum Gasteiger partial charge on any atom is -0.288 e. The van der Waals surface area contributed by atoms with Crippen LogP contribution in [-0.4, -0.2) is 41.5 Å². The van der Waals surface area contributed by atoms with Crippen molar-refractivity contribution in [3.63, 3.8) is 0 Å². The molecule has 0 spiro atoms. The lowest BCUT2D eigenvalue weighted by Gasteiger charge is -2.02. The molecule has 10 nitrogen and oxygen atoms in total. The molecule has 0 aliphatic carbocycles. The van der Waals surface area contributed by atoms with E-state index in [0.717, 1.165) is 37.0 Å². The summed E-state index contributed by atoms with van der Waals surface area (Å²) in [6.07, 6.45) is 6.92. The number of pyridine rings is 1. The molecule has 0 atom stereocenters. The Kier molecular flexibility index (Phi) is 8.38. The molecule has 0 fully saturated rings. The Morgan fingerprint density at radius 1 is 0.923 bits per heavy atom. The number of nitrogens with one attached hydrogen (secondary N) is 1. The third-order valence-electron chi connectivity index (χ3n) is 5.28. The predicted octanol–water partition coefficient (Wildman–Crippen LogP) is 4.45. The Labute approximate surface area is 228 Å². The monoisotopic (exact) mass is 583 g/mol. The van der Waals surface area contributed by atoms with Gasteiger partial charge in [0.2, 0.25) is 0 Å². The molecule has 0 aliphatic rings. The van der Waals surface area contributed by atoms with Gasteiger partial charge in [0.1, 0.15) is 4.21 Å². The lowest BCUT2D eigenvalue weighted by Crippen LogP contribution is -2.14. The van der Waals surface area contributed by atoms with Gasteiger partial charge in [0, 0.05) is 24.7 Å². The molecule has 13 heteroatoms. The summed E-state index contributed by atoms with van der Waals surface area (Å²) in [4.78, 5) is 15.9. The summed E-state index contributed by atoms with van der Waals surface area (Å²) < 4.78 is 57.1. The van der Waals surface area contributed by atoms with Gasteiger partial charge in [-0.3, -0.25) is 19.5 Å². The maximum Gasteiger partial charge on any atom is 0.294 e. The molecule has 5 aromatic rings. The summed E-state index contributed by atoms with van der Waals surface area (Å²) in [6.45, 7) is 0. The number of nitrogens with zero attached hydrogens (tertiary/aromatic N) is 2. The van der Waals surface area contributed by atoms with Crippen molar-refractivity contribution in [3.8, 4) is 10.6 Å². The van der Waals surface area contributed by atoms with E-state index in [4.69, 9.17) is 9.76 Å². The third kappa shape index (κ3) is 6.85. The Morgan fingerprint density at radius 2 is 1.67 bits per heavy atom. The lowest BCUT2D eigenvalue weighted by atomic mass is 10.1. The maximum atomic E-state index is 12.7. The van der Waals surface area contributed by atoms with Crippen LogP contribution in [0.5, 0.6) is 0 Å². The van der Waals surface area contributed by atoms with E-state index in [0.29, 0.717) is 11.3 Å². The van der Waals surface area contributed by atoms with Gasteiger partial charge in [-0.05, 0) is 64.9 Å². The molecule has 200 valence electrons. The number of carbonyl (C=O) groups excluding carboxylic acids is 1. The van der Waals surface area contributed by atoms with Crippen molar-refractivity contribution in [2.45, 2.75) is 9.10 Å². The van der Waals surface area contributed by atoms with Crippen molar-refractivity contribution in [1.82, 2.24) is 14.4 Å². The number of hydroxylamine groups is 1. The van der Waals surface area contributed by atoms with E-state index in [1.807, 2.05) is 30.3 Å². The molecule has 0 aliphatic heterocycles. The van der Waals surface area contributed by atoms with Crippen LogP contribution >= 0.6 is 11.3 Å². The quantitative estimate of drug-likeness (QED) is 0.115. The highest BCUT2D eigenvalue weighted by Crippen LogP contribution is 2.30. The van der Waals surface area contributed by atoms with Crippen LogP contribution in [-0.2, 0) is 24.9 Å². The summed E-state index contributed by atoms with van der Waals surface area (Å²) in [5.74, 6) is -0.700. The van der Waals surface area contributed by atoms with E-state index in [9.17, 15) is 21.6 Å². The van der Waals surface area contributed by atoms with Crippen LogP contribution in [0, 0.1) is 0 Å². The zero-order valence-electron chi connectivity index (χ0n) is 19.9. The van der Waals surface area contributed by atoms with Gasteiger partial charge >= 0.3 is 0 Å². The van der Waals surface area contributed by atoms with Crippen molar-refractivity contribution in [3.05, 3.63) is 109 Å². The Balaban J connectivity index is 0.000000212. The minimum atomic E-state index is -4.09. The number of aromatic nitrogens is 2. The fraction of sp³-hybridized carbons (Fsp3) is 0. The summed E-state index contributed by atoms with van der Waals surface area (Å²) in [6, 6.07) is 22.1. The van der Waals surface area contributed by atoms with Crippen LogP contribution in [0.1, 0.15) is 5.56 Å². The molecule has 5 rings (SSSR count). The first-order chi connectivity index (χ1) is 18.6. The van der Waals surface area contributed by atoms with Crippen molar-refractivity contribution < 1.29 is 31.4 Å². The number of benzene rings is 2. The number of rotatable bonds is 6. The Morgan fingerprint density at radius 3 is 2.36 bits per heavy atom. The van der Waals surface area contributed by atoms with Crippen LogP contribution in [0.15, 0.2) is 113 Å². The fourth-order valence-electron chi connectivity index (χ4n) is 3.39. The van der Waals surface area contributed by atoms with Crippen LogP contribution < -0.4 is 5.48 Å². The first-order valence-corrected chi connectivity index (χ1v) is 14.8. The van der Waals surface area contributed by atoms with Gasteiger partial charge in [0.05, 0.1) is 15.5 Å². The molecule has 3 N–H and O–H groups in total. The summed E-state index contributed by atoms with van der Waals surface area (Å²) in [7, 11) is -7.82. The van der Waals surface area contributed by atoms with Crippen molar-refractivity contribution >= 4 is 54.2 Å². The second-order valence-electron chi connectivity index (χ2n) is 7.91. The molecule has 1 amide bonds. The van der Waals surface area contributed by atoms with Gasteiger partial charge in [0.25, 0.3) is 26.0 Å². The van der Waals surface area contributed by atoms with E-state index in [-0.39, 0.29) is 9.10 Å². The number of carbonyl (C=O) groups is 1. The number of thiophene rings is 1. The SMILES string of the molecule is O=C(C=Cc1ccn(S(=O)(=O)c2ccc(-c3ccccn3)s2)c1)NO.O=S(=O)(O)c1ccc2ccccc2c1. The molecule has 0 bridgehead atoms. The van der Waals surface area contributed by atoms with Gasteiger partial charge in [-0.15, -0.1) is 11.3 Å². The predicted molar refractivity (Wildman–Crippen MR) is 147 cm³/mol. The number of hydrogen-bond acceptors (Lipinski definition) is 8. The van der Waals surface area contributed by atoms with Gasteiger partial charge < -0.3 is 0 Å². The molecular weight excluding hydrogens is 563 g/mol. The number of fused-ring (bicyclic) bond motifs is 1. The Bertz CT molecular complexity index is 1860. The molecule has 0 unspecified atom stereocenters. The van der Waals surface area contributed by atoms with Gasteiger partial charge in [-0.1, -0.05) is 36.4 Å². The molecule has 0 saturated carbocycles. The standard InChI is InChI=1S/C16H13N3O4S2.C10H8O3S/c20-15(18-21)6-4-12-8-10-19(11-12)25(22,23)16-7-5-14(24-16)13-3-1-2-9-17-13;11-14(12,13)10-6-5-8-3-1-2-4-9(8)7-10/h1-11,21H,(H,18,20);1-7H,(H,11,12,13). The molecule has 0 saturated heterocycles. The van der Waals surface area contributed by atoms with E-state index in [1.54, 1.807) is 42.6 Å². The van der Waals surface area contributed by atoms with Gasteiger partial charge in [-0.2, -0.15) is 16.8 Å². The van der Waals surface area contributed by atoms with E-state index >= 15 is 0 Å². The van der Waals surface area contributed by atoms with Crippen LogP contribution in [0.4, 0.5) is 0 Å². The molecule has 3 heterocycles. The van der Waals surface area contributed by atoms with E-state index in [1.165, 1.54) is 36.1 Å². The molecule has 3 aromatic heterocycles. The lowest BCUT2D eigenvalue weighted by molar-refractivity contribution is -0.124. The Hall–Kier alpha value is -4.14. The molecule has 39 heavy (non-hydrogen) atoms. The third-order valence-corrected chi connectivity index (χ3v) is 9.34. The zero-order valence-corrected chi connectivity index (χ0v) is 22.4. The highest BCUT2D eigenvalue weighted by atomic mass is 32.2. The van der Waals surface area contributed by atoms with Crippen molar-refractivity contribution in [2.24, 2.45) is 0 Å². The second-order valence-corrected chi connectivity index (χ2v) is 12.5. The van der Waals surface area contributed by atoms with Crippen molar-refractivity contribution in [1.29, 1.82) is 0 Å². The molecule has 0 radical (unpaired) electrons. The zero-order chi connectivity index (χ0) is 28.0. The van der Waals surface area contributed by atoms with Crippen LogP contribution in [0.25, 0.3) is 27.4 Å². The first-order valence-electron chi connectivity index (χ1n) is 11.1. The summed E-state index contributed by atoms with van der Waals surface area (Å²) in [5, 5.41) is 10.2. The van der Waals surface area contributed by atoms with Crippen LogP contribution in [0.3, 0.4) is 0 Å². The summed E-state index contributed by atoms with van der Waals surface area (Å²) >= 11 is 1.13. The van der Waals surface area contributed by atoms with Gasteiger partial charge in [-0.25, -0.2) is 9.45 Å². The minimum absolute atomic E-state index is 0.0730. The second kappa shape index (κ2) is 11.7. The van der Waals surface area contributed by atoms with Crippen molar-refractivity contribution in [2.75, 3.05) is 0 Å². The largest absolute Gasteiger partial charge is 0.294 e. The van der Waals surface area contributed by atoms with E-state index in [2.05, 4.69) is 4.98 Å². The highest BCUT2D eigenvalue weighted by molar-refractivity contribution is 7.92.